The van der Waals surface area contributed by atoms with Crippen LogP contribution in [-0.2, 0) is 23.7 Å². The van der Waals surface area contributed by atoms with Crippen LogP contribution in [0, 0.1) is 0 Å². The van der Waals surface area contributed by atoms with Crippen LogP contribution < -0.4 is 15.8 Å². The Morgan fingerprint density at radius 2 is 0.939 bits per heavy atom. The van der Waals surface area contributed by atoms with E-state index in [0.29, 0.717) is 0 Å². The van der Waals surface area contributed by atoms with Crippen molar-refractivity contribution in [1.82, 2.24) is 4.48 Å². The lowest BCUT2D eigenvalue weighted by Gasteiger charge is -2.41. The van der Waals surface area contributed by atoms with Gasteiger partial charge in [-0.1, -0.05) is 217 Å². The summed E-state index contributed by atoms with van der Waals surface area (Å²) >= 11 is 0. The van der Waals surface area contributed by atoms with Crippen molar-refractivity contribution in [1.29, 1.82) is 0 Å². The zero-order valence-corrected chi connectivity index (χ0v) is 47.3. The zero-order valence-electron chi connectivity index (χ0n) is 47.3. The smallest absolute Gasteiger partial charge is 0.333 e. The maximum atomic E-state index is 7.21. The molecule has 0 spiro atoms. The van der Waals surface area contributed by atoms with E-state index in [2.05, 4.69) is 288 Å². The molecule has 0 fully saturated rings. The maximum Gasteiger partial charge on any atom is 0.333 e. The first kappa shape index (κ1) is 48.5. The normalized spacial score (nSPS) is 13.0. The second kappa shape index (κ2) is 18.1. The van der Waals surface area contributed by atoms with Gasteiger partial charge in [0, 0.05) is 61.3 Å². The minimum Gasteiger partial charge on any atom is -0.456 e. The molecule has 0 bridgehead atoms. The molecule has 0 unspecified atom stereocenters. The van der Waals surface area contributed by atoms with Crippen molar-refractivity contribution in [2.45, 2.75) is 65.2 Å². The van der Waals surface area contributed by atoms with Gasteiger partial charge in [-0.05, 0) is 172 Å². The highest BCUT2D eigenvalue weighted by Crippen LogP contribution is 2.53. The Kier molecular flexibility index (Phi) is 10.7. The van der Waals surface area contributed by atoms with Crippen molar-refractivity contribution in [2.75, 3.05) is 4.90 Å². The van der Waals surface area contributed by atoms with Crippen LogP contribution in [0.3, 0.4) is 0 Å². The highest BCUT2D eigenvalue weighted by molar-refractivity contribution is 6.90. The first-order chi connectivity index (χ1) is 39.9. The van der Waals surface area contributed by atoms with Crippen molar-refractivity contribution in [2.24, 2.45) is 0 Å². The van der Waals surface area contributed by atoms with Crippen molar-refractivity contribution in [3.05, 3.63) is 270 Å². The monoisotopic (exact) mass is 1050 g/mol. The topological polar surface area (TPSA) is 21.3 Å². The van der Waals surface area contributed by atoms with E-state index < -0.39 is 0 Å². The van der Waals surface area contributed by atoms with Gasteiger partial charge in [0.2, 0.25) is 0 Å². The number of nitrogens with zero attached hydrogens (tertiary/aromatic N) is 2. The summed E-state index contributed by atoms with van der Waals surface area (Å²) in [5.74, 6) is 0. The Morgan fingerprint density at radius 1 is 0.402 bits per heavy atom. The van der Waals surface area contributed by atoms with Gasteiger partial charge in [0.05, 0.1) is 0 Å². The molecule has 0 amide bonds. The first-order valence-corrected chi connectivity index (χ1v) is 29.2. The fourth-order valence-electron chi connectivity index (χ4n) is 14.1. The van der Waals surface area contributed by atoms with Gasteiger partial charge in [-0.3, -0.25) is 0 Å². The maximum absolute atomic E-state index is 7.21. The quantitative estimate of drug-likeness (QED) is 0.117. The standard InChI is InChI=1S/C78H61BN2O/c1-77(2,3)54-35-36-68-64(42-54)65-43-55(78(4,5)6)44-66-74-73-59-33-21-22-34-71(59)82-72(73)47-70-75(74)79(81(68)76(65)66)67-45-62-60(37-48-23-11-7-12-24-48)57-31-19-20-32-58(57)61(38-49-25-13-8-14-26-49)63(62)46-69(67)80(70)56-40-52(50-27-15-9-16-28-50)39-53(41-56)51-29-17-10-18-30-51/h7-36,39-47H,37-38H2,1-6H3. The summed E-state index contributed by atoms with van der Waals surface area (Å²) in [4.78, 5) is 2.63. The molecular weight excluding hydrogens is 992 g/mol. The summed E-state index contributed by atoms with van der Waals surface area (Å²) < 4.78 is 9.98. The first-order valence-electron chi connectivity index (χ1n) is 29.2. The molecule has 4 heterocycles. The number of anilines is 3. The summed E-state index contributed by atoms with van der Waals surface area (Å²) in [7, 11) is 0. The molecule has 12 aromatic carbocycles. The van der Waals surface area contributed by atoms with Crippen LogP contribution in [0.5, 0.6) is 0 Å². The molecule has 2 aliphatic rings. The average molecular weight is 1050 g/mol. The number of benzene rings is 12. The molecule has 0 aliphatic carbocycles. The second-order valence-electron chi connectivity index (χ2n) is 25.2. The van der Waals surface area contributed by atoms with E-state index in [-0.39, 0.29) is 17.7 Å². The minimum absolute atomic E-state index is 0.0512. The molecule has 0 saturated carbocycles. The number of rotatable bonds is 7. The van der Waals surface area contributed by atoms with E-state index in [0.717, 1.165) is 51.9 Å². The van der Waals surface area contributed by atoms with Crippen LogP contribution in [0.1, 0.15) is 74.9 Å². The Bertz CT molecular complexity index is 4870. The average Bonchev–Trinajstić information content (AvgIpc) is 3.53. The van der Waals surface area contributed by atoms with Crippen LogP contribution in [0.15, 0.2) is 241 Å². The Labute approximate surface area is 479 Å². The third-order valence-electron chi connectivity index (χ3n) is 18.1. The summed E-state index contributed by atoms with van der Waals surface area (Å²) in [6, 6.07) is 89.3. The molecule has 16 rings (SSSR count). The van der Waals surface area contributed by atoms with Crippen LogP contribution in [0.4, 0.5) is 17.1 Å². The second-order valence-corrected chi connectivity index (χ2v) is 25.2. The number of hydrogen-bond donors (Lipinski definition) is 0. The van der Waals surface area contributed by atoms with Crippen molar-refractivity contribution < 1.29 is 4.42 Å². The van der Waals surface area contributed by atoms with Crippen molar-refractivity contribution in [3.8, 4) is 33.4 Å². The van der Waals surface area contributed by atoms with Gasteiger partial charge in [-0.15, -0.1) is 0 Å². The summed E-state index contributed by atoms with van der Waals surface area (Å²) in [5, 5.41) is 10.1. The number of furan rings is 1. The third-order valence-corrected chi connectivity index (χ3v) is 18.1. The zero-order chi connectivity index (χ0) is 55.2. The van der Waals surface area contributed by atoms with E-state index in [9.17, 15) is 0 Å². The predicted molar refractivity (Wildman–Crippen MR) is 349 cm³/mol. The molecule has 2 aromatic heterocycles. The van der Waals surface area contributed by atoms with Crippen LogP contribution >= 0.6 is 0 Å². The van der Waals surface area contributed by atoms with Gasteiger partial charge in [0.25, 0.3) is 0 Å². The SMILES string of the molecule is CC(C)(C)c1ccc2c(c1)c1cc(C(C)(C)C)cc3c1n2B1c2cc4c(Cc5ccccc5)c5ccccc5c(Cc5ccccc5)c4cc2N(c2cc(-c4ccccc4)cc(-c4ccccc4)c2)c2cc4oc5ccccc5c4c-3c21. The van der Waals surface area contributed by atoms with E-state index in [1.54, 1.807) is 0 Å². The van der Waals surface area contributed by atoms with E-state index >= 15 is 0 Å². The molecule has 4 heteroatoms. The minimum atomic E-state index is -0.216. The lowest BCUT2D eigenvalue weighted by Crippen LogP contribution is -2.56. The predicted octanol–water partition coefficient (Wildman–Crippen LogP) is 19.5. The fourth-order valence-corrected chi connectivity index (χ4v) is 14.1. The molecule has 14 aromatic rings. The highest BCUT2D eigenvalue weighted by atomic mass is 16.3. The van der Waals surface area contributed by atoms with Crippen molar-refractivity contribution >= 4 is 100 Å². The molecule has 0 N–H and O–H groups in total. The Morgan fingerprint density at radius 3 is 1.54 bits per heavy atom. The largest absolute Gasteiger partial charge is 0.456 e. The lowest BCUT2D eigenvalue weighted by atomic mass is 9.44. The molecule has 0 atom stereocenters. The Balaban J connectivity index is 1.12. The molecule has 3 nitrogen and oxygen atoms in total. The van der Waals surface area contributed by atoms with Crippen LogP contribution in [0.2, 0.25) is 0 Å². The summed E-state index contributed by atoms with van der Waals surface area (Å²) in [6.07, 6.45) is 1.58. The van der Waals surface area contributed by atoms with Crippen molar-refractivity contribution in [3.63, 3.8) is 0 Å². The van der Waals surface area contributed by atoms with Gasteiger partial charge >= 0.3 is 6.85 Å². The van der Waals surface area contributed by atoms with Gasteiger partial charge in [-0.2, -0.15) is 0 Å². The number of aromatic nitrogens is 1. The summed E-state index contributed by atoms with van der Waals surface area (Å²) in [6.45, 7) is 13.9. The fraction of sp³-hybridized carbons (Fsp3) is 0.128. The van der Waals surface area contributed by atoms with Crippen LogP contribution in [0.25, 0.3) is 98.7 Å². The number of fused-ring (bicyclic) bond motifs is 13. The molecule has 0 saturated heterocycles. The van der Waals surface area contributed by atoms with Crippen LogP contribution in [-0.4, -0.2) is 11.3 Å². The molecule has 0 radical (unpaired) electrons. The Hall–Kier alpha value is -9.38. The summed E-state index contributed by atoms with van der Waals surface area (Å²) in [5.41, 5.74) is 25.2. The molecule has 82 heavy (non-hydrogen) atoms. The van der Waals surface area contributed by atoms with Gasteiger partial charge in [-0.25, -0.2) is 0 Å². The number of para-hydroxylation sites is 1. The van der Waals surface area contributed by atoms with Gasteiger partial charge in [0.15, 0.2) is 0 Å². The van der Waals surface area contributed by atoms with Gasteiger partial charge in [0.1, 0.15) is 11.2 Å². The van der Waals surface area contributed by atoms with Gasteiger partial charge < -0.3 is 13.8 Å². The number of hydrogen-bond acceptors (Lipinski definition) is 2. The molecule has 392 valence electrons. The lowest BCUT2D eigenvalue weighted by molar-refractivity contribution is 0.590. The molecular formula is C78H61BN2O. The third kappa shape index (κ3) is 7.50. The van der Waals surface area contributed by atoms with E-state index in [1.165, 1.54) is 121 Å². The highest BCUT2D eigenvalue weighted by Gasteiger charge is 2.45. The van der Waals surface area contributed by atoms with E-state index in [1.807, 2.05) is 0 Å². The van der Waals surface area contributed by atoms with E-state index in [4.69, 9.17) is 4.42 Å². The molecule has 2 aliphatic heterocycles.